The minimum Gasteiger partial charge on any atom is -0.463 e. The standard InChI is InChI=1S/C10H9ClN4O2/c1-15-8(7(11)5-14-15)6-3-12-9(13-4-6)10(16)17-2/h3-5H,1-2H3. The lowest BCUT2D eigenvalue weighted by molar-refractivity contribution is 0.0586. The van der Waals surface area contributed by atoms with Crippen LogP contribution in [-0.4, -0.2) is 32.8 Å². The van der Waals surface area contributed by atoms with Crippen molar-refractivity contribution in [3.63, 3.8) is 0 Å². The van der Waals surface area contributed by atoms with E-state index in [0.29, 0.717) is 16.3 Å². The van der Waals surface area contributed by atoms with Crippen LogP contribution >= 0.6 is 11.6 Å². The van der Waals surface area contributed by atoms with Crippen LogP contribution in [-0.2, 0) is 11.8 Å². The normalized spacial score (nSPS) is 10.3. The zero-order valence-electron chi connectivity index (χ0n) is 9.22. The van der Waals surface area contributed by atoms with E-state index in [1.165, 1.54) is 25.7 Å². The lowest BCUT2D eigenvalue weighted by Crippen LogP contribution is -2.07. The Morgan fingerprint density at radius 2 is 2.00 bits per heavy atom. The highest BCUT2D eigenvalue weighted by molar-refractivity contribution is 6.33. The SMILES string of the molecule is COC(=O)c1ncc(-c2c(Cl)cnn2C)cn1. The summed E-state index contributed by atoms with van der Waals surface area (Å²) in [5.74, 6) is -0.567. The van der Waals surface area contributed by atoms with E-state index < -0.39 is 5.97 Å². The Hall–Kier alpha value is -1.95. The lowest BCUT2D eigenvalue weighted by atomic mass is 10.2. The minimum absolute atomic E-state index is 0.00883. The molecule has 0 fully saturated rings. The lowest BCUT2D eigenvalue weighted by Gasteiger charge is -2.03. The summed E-state index contributed by atoms with van der Waals surface area (Å²) in [7, 11) is 3.03. The molecule has 2 rings (SSSR count). The number of nitrogens with zero attached hydrogens (tertiary/aromatic N) is 4. The predicted octanol–water partition coefficient (Wildman–Crippen LogP) is 1.32. The number of aromatic nitrogens is 4. The van der Waals surface area contributed by atoms with Crippen molar-refractivity contribution in [3.05, 3.63) is 29.4 Å². The second-order valence-electron chi connectivity index (χ2n) is 3.25. The molecule has 0 N–H and O–H groups in total. The van der Waals surface area contributed by atoms with Crippen LogP contribution in [0.25, 0.3) is 11.3 Å². The number of halogens is 1. The third kappa shape index (κ3) is 2.12. The molecular weight excluding hydrogens is 244 g/mol. The van der Waals surface area contributed by atoms with E-state index in [4.69, 9.17) is 11.6 Å². The Bertz CT molecular complexity index is 530. The highest BCUT2D eigenvalue weighted by Gasteiger charge is 2.13. The van der Waals surface area contributed by atoms with Gasteiger partial charge in [0.1, 0.15) is 0 Å². The van der Waals surface area contributed by atoms with E-state index in [-0.39, 0.29) is 5.82 Å². The van der Waals surface area contributed by atoms with Gasteiger partial charge in [-0.05, 0) is 0 Å². The van der Waals surface area contributed by atoms with Crippen LogP contribution in [0.2, 0.25) is 5.02 Å². The molecule has 0 aliphatic heterocycles. The molecule has 17 heavy (non-hydrogen) atoms. The molecule has 2 heterocycles. The zero-order valence-corrected chi connectivity index (χ0v) is 9.97. The van der Waals surface area contributed by atoms with Crippen molar-refractivity contribution in [1.29, 1.82) is 0 Å². The van der Waals surface area contributed by atoms with E-state index in [1.54, 1.807) is 11.7 Å². The molecule has 0 bridgehead atoms. The molecule has 2 aromatic rings. The highest BCUT2D eigenvalue weighted by Crippen LogP contribution is 2.25. The van der Waals surface area contributed by atoms with Gasteiger partial charge in [-0.3, -0.25) is 4.68 Å². The van der Waals surface area contributed by atoms with E-state index in [2.05, 4.69) is 19.8 Å². The molecule has 0 atom stereocenters. The maximum atomic E-state index is 11.2. The van der Waals surface area contributed by atoms with Gasteiger partial charge in [-0.1, -0.05) is 11.6 Å². The van der Waals surface area contributed by atoms with Gasteiger partial charge in [-0.2, -0.15) is 5.10 Å². The van der Waals surface area contributed by atoms with Crippen LogP contribution in [0.1, 0.15) is 10.6 Å². The van der Waals surface area contributed by atoms with Crippen LogP contribution < -0.4 is 0 Å². The molecule has 0 unspecified atom stereocenters. The molecule has 0 aliphatic rings. The molecule has 2 aromatic heterocycles. The fourth-order valence-corrected chi connectivity index (χ4v) is 1.66. The van der Waals surface area contributed by atoms with Crippen LogP contribution in [0.5, 0.6) is 0 Å². The largest absolute Gasteiger partial charge is 0.463 e. The first-order valence-corrected chi connectivity index (χ1v) is 5.09. The molecule has 0 radical (unpaired) electrons. The summed E-state index contributed by atoms with van der Waals surface area (Å²) in [5, 5.41) is 4.51. The topological polar surface area (TPSA) is 69.9 Å². The zero-order chi connectivity index (χ0) is 12.4. The molecule has 0 saturated carbocycles. The average molecular weight is 253 g/mol. The minimum atomic E-state index is -0.576. The Morgan fingerprint density at radius 3 is 2.47 bits per heavy atom. The van der Waals surface area contributed by atoms with Crippen molar-refractivity contribution >= 4 is 17.6 Å². The van der Waals surface area contributed by atoms with E-state index in [9.17, 15) is 4.79 Å². The van der Waals surface area contributed by atoms with Gasteiger partial charge < -0.3 is 4.74 Å². The van der Waals surface area contributed by atoms with Crippen molar-refractivity contribution < 1.29 is 9.53 Å². The van der Waals surface area contributed by atoms with Crippen molar-refractivity contribution in [2.24, 2.45) is 7.05 Å². The summed E-state index contributed by atoms with van der Waals surface area (Å²) in [5.41, 5.74) is 1.38. The number of ether oxygens (including phenoxy) is 1. The van der Waals surface area contributed by atoms with Gasteiger partial charge in [0.15, 0.2) is 0 Å². The van der Waals surface area contributed by atoms with E-state index >= 15 is 0 Å². The molecule has 6 nitrogen and oxygen atoms in total. The fraction of sp³-hybridized carbons (Fsp3) is 0.200. The number of esters is 1. The summed E-state index contributed by atoms with van der Waals surface area (Å²) >= 11 is 5.98. The fourth-order valence-electron chi connectivity index (χ4n) is 1.38. The van der Waals surface area contributed by atoms with Crippen molar-refractivity contribution in [3.8, 4) is 11.3 Å². The quantitative estimate of drug-likeness (QED) is 0.754. The van der Waals surface area contributed by atoms with Gasteiger partial charge in [-0.15, -0.1) is 0 Å². The van der Waals surface area contributed by atoms with Gasteiger partial charge in [0.25, 0.3) is 0 Å². The number of carbonyl (C=O) groups excluding carboxylic acids is 1. The number of hydrogen-bond donors (Lipinski definition) is 0. The molecule has 0 amide bonds. The molecule has 0 aliphatic carbocycles. The summed E-state index contributed by atoms with van der Waals surface area (Å²) in [6, 6.07) is 0. The molecule has 7 heteroatoms. The number of rotatable bonds is 2. The number of methoxy groups -OCH3 is 1. The Labute approximate surface area is 102 Å². The van der Waals surface area contributed by atoms with Crippen LogP contribution in [0.3, 0.4) is 0 Å². The maximum absolute atomic E-state index is 11.2. The van der Waals surface area contributed by atoms with Crippen LogP contribution in [0.4, 0.5) is 0 Å². The average Bonchev–Trinajstić information content (AvgIpc) is 2.68. The maximum Gasteiger partial charge on any atom is 0.376 e. The summed E-state index contributed by atoms with van der Waals surface area (Å²) in [6.45, 7) is 0. The van der Waals surface area contributed by atoms with E-state index in [0.717, 1.165) is 0 Å². The molecule has 0 aromatic carbocycles. The third-order valence-electron chi connectivity index (χ3n) is 2.19. The smallest absolute Gasteiger partial charge is 0.376 e. The molecule has 0 saturated heterocycles. The molecule has 88 valence electrons. The first kappa shape index (κ1) is 11.5. The second kappa shape index (κ2) is 4.50. The number of hydrogen-bond acceptors (Lipinski definition) is 5. The monoisotopic (exact) mass is 252 g/mol. The Kier molecular flexibility index (Phi) is 3.06. The van der Waals surface area contributed by atoms with Gasteiger partial charge in [0, 0.05) is 25.0 Å². The van der Waals surface area contributed by atoms with Crippen molar-refractivity contribution in [1.82, 2.24) is 19.7 Å². The molecule has 0 spiro atoms. The first-order chi connectivity index (χ1) is 8.13. The predicted molar refractivity (Wildman–Crippen MR) is 60.6 cm³/mol. The van der Waals surface area contributed by atoms with Crippen LogP contribution in [0.15, 0.2) is 18.6 Å². The summed E-state index contributed by atoms with van der Waals surface area (Å²) < 4.78 is 6.12. The van der Waals surface area contributed by atoms with Crippen molar-refractivity contribution in [2.75, 3.05) is 7.11 Å². The summed E-state index contributed by atoms with van der Waals surface area (Å²) in [4.78, 5) is 19.0. The first-order valence-electron chi connectivity index (χ1n) is 4.71. The van der Waals surface area contributed by atoms with E-state index in [1.807, 2.05) is 0 Å². The second-order valence-corrected chi connectivity index (χ2v) is 3.66. The van der Waals surface area contributed by atoms with Crippen LogP contribution in [0, 0.1) is 0 Å². The Morgan fingerprint density at radius 1 is 1.35 bits per heavy atom. The molecular formula is C10H9ClN4O2. The van der Waals surface area contributed by atoms with Gasteiger partial charge in [-0.25, -0.2) is 14.8 Å². The van der Waals surface area contributed by atoms with Gasteiger partial charge in [0.05, 0.1) is 24.0 Å². The highest BCUT2D eigenvalue weighted by atomic mass is 35.5. The summed E-state index contributed by atoms with van der Waals surface area (Å²) in [6.07, 6.45) is 4.54. The third-order valence-corrected chi connectivity index (χ3v) is 2.46. The van der Waals surface area contributed by atoms with Crippen molar-refractivity contribution in [2.45, 2.75) is 0 Å². The number of aryl methyl sites for hydroxylation is 1. The Balaban J connectivity index is 2.39. The number of carbonyl (C=O) groups is 1. The van der Waals surface area contributed by atoms with Gasteiger partial charge >= 0.3 is 5.97 Å². The van der Waals surface area contributed by atoms with Gasteiger partial charge in [0.2, 0.25) is 5.82 Å².